The number of amides is 2. The van der Waals surface area contributed by atoms with E-state index in [9.17, 15) is 9.59 Å². The summed E-state index contributed by atoms with van der Waals surface area (Å²) in [4.78, 5) is 35.6. The van der Waals surface area contributed by atoms with Gasteiger partial charge in [0.1, 0.15) is 0 Å². The van der Waals surface area contributed by atoms with Crippen LogP contribution in [0.15, 0.2) is 24.5 Å². The third-order valence-corrected chi connectivity index (χ3v) is 5.80. The van der Waals surface area contributed by atoms with Crippen molar-refractivity contribution in [1.29, 1.82) is 0 Å². The van der Waals surface area contributed by atoms with E-state index in [0.717, 1.165) is 45.2 Å². The van der Waals surface area contributed by atoms with Gasteiger partial charge in [0.05, 0.1) is 0 Å². The van der Waals surface area contributed by atoms with E-state index in [1.807, 2.05) is 4.90 Å². The maximum absolute atomic E-state index is 12.9. The van der Waals surface area contributed by atoms with Crippen molar-refractivity contribution in [2.24, 2.45) is 5.92 Å². The lowest BCUT2D eigenvalue weighted by Crippen LogP contribution is -2.44. The quantitative estimate of drug-likeness (QED) is 0.828. The van der Waals surface area contributed by atoms with Gasteiger partial charge in [0, 0.05) is 56.1 Å². The largest absolute Gasteiger partial charge is 0.342 e. The first-order valence-electron chi connectivity index (χ1n) is 9.71. The summed E-state index contributed by atoms with van der Waals surface area (Å²) in [7, 11) is 4.25. The van der Waals surface area contributed by atoms with E-state index in [2.05, 4.69) is 28.9 Å². The molecule has 6 nitrogen and oxygen atoms in total. The number of rotatable bonds is 3. The van der Waals surface area contributed by atoms with Gasteiger partial charge in [0.25, 0.3) is 5.91 Å². The molecule has 2 saturated heterocycles. The summed E-state index contributed by atoms with van der Waals surface area (Å²) in [5, 5.41) is 0. The van der Waals surface area contributed by atoms with Gasteiger partial charge in [0.15, 0.2) is 0 Å². The Hall–Kier alpha value is -1.95. The fraction of sp³-hybridized carbons (Fsp3) is 0.650. The van der Waals surface area contributed by atoms with Crippen molar-refractivity contribution in [2.45, 2.75) is 38.1 Å². The van der Waals surface area contributed by atoms with E-state index in [-0.39, 0.29) is 11.8 Å². The molecule has 0 spiro atoms. The molecule has 26 heavy (non-hydrogen) atoms. The topological polar surface area (TPSA) is 56.8 Å². The van der Waals surface area contributed by atoms with Gasteiger partial charge in [-0.3, -0.25) is 14.6 Å². The Kier molecular flexibility index (Phi) is 6.25. The summed E-state index contributed by atoms with van der Waals surface area (Å²) in [6, 6.07) is 4.07. The minimum atomic E-state index is 0.0434. The molecule has 0 bridgehead atoms. The molecule has 3 rings (SSSR count). The summed E-state index contributed by atoms with van der Waals surface area (Å²) in [6.07, 6.45) is 8.11. The minimum Gasteiger partial charge on any atom is -0.342 e. The van der Waals surface area contributed by atoms with Crippen molar-refractivity contribution < 1.29 is 9.59 Å². The molecule has 3 heterocycles. The van der Waals surface area contributed by atoms with Crippen molar-refractivity contribution in [1.82, 2.24) is 19.7 Å². The van der Waals surface area contributed by atoms with E-state index in [0.29, 0.717) is 30.6 Å². The highest BCUT2D eigenvalue weighted by atomic mass is 16.2. The minimum absolute atomic E-state index is 0.0434. The van der Waals surface area contributed by atoms with Gasteiger partial charge in [-0.1, -0.05) is 0 Å². The molecule has 0 radical (unpaired) electrons. The summed E-state index contributed by atoms with van der Waals surface area (Å²) in [6.45, 7) is 3.05. The Bertz CT molecular complexity index is 611. The number of hydrogen-bond acceptors (Lipinski definition) is 4. The van der Waals surface area contributed by atoms with E-state index in [1.54, 1.807) is 24.5 Å². The van der Waals surface area contributed by atoms with Gasteiger partial charge >= 0.3 is 0 Å². The molecule has 0 N–H and O–H groups in total. The lowest BCUT2D eigenvalue weighted by molar-refractivity contribution is -0.136. The van der Waals surface area contributed by atoms with Gasteiger partial charge in [-0.25, -0.2) is 0 Å². The van der Waals surface area contributed by atoms with Gasteiger partial charge in [0.2, 0.25) is 5.91 Å². The molecule has 2 aliphatic heterocycles. The number of likely N-dealkylation sites (tertiary alicyclic amines) is 2. The molecular weight excluding hydrogens is 328 g/mol. The Balaban J connectivity index is 1.51. The number of hydrogen-bond donors (Lipinski definition) is 0. The van der Waals surface area contributed by atoms with Gasteiger partial charge in [-0.05, 0) is 58.3 Å². The molecule has 2 fully saturated rings. The summed E-state index contributed by atoms with van der Waals surface area (Å²) >= 11 is 0. The number of piperidine rings is 1. The third-order valence-electron chi connectivity index (χ3n) is 5.80. The molecule has 1 aromatic rings. The number of pyridine rings is 1. The summed E-state index contributed by atoms with van der Waals surface area (Å²) in [5.41, 5.74) is 0.673. The van der Waals surface area contributed by atoms with Crippen LogP contribution in [0.2, 0.25) is 0 Å². The van der Waals surface area contributed by atoms with Gasteiger partial charge in [-0.2, -0.15) is 0 Å². The Labute approximate surface area is 156 Å². The standard InChI is InChI=1S/C20H30N4O2/c1-22(2)18-4-3-12-23(15-9-18)20(26)17-7-13-24(14-8-17)19(25)16-5-10-21-11-6-16/h5-6,10-11,17-18H,3-4,7-9,12-15H2,1-2H3/t18-/m0/s1. The van der Waals surface area contributed by atoms with Crippen LogP contribution in [0.5, 0.6) is 0 Å². The molecule has 6 heteroatoms. The molecule has 2 aliphatic rings. The van der Waals surface area contributed by atoms with Gasteiger partial charge in [-0.15, -0.1) is 0 Å². The lowest BCUT2D eigenvalue weighted by Gasteiger charge is -2.34. The molecule has 0 aliphatic carbocycles. The fourth-order valence-electron chi connectivity index (χ4n) is 4.08. The highest BCUT2D eigenvalue weighted by molar-refractivity contribution is 5.94. The highest BCUT2D eigenvalue weighted by Crippen LogP contribution is 2.23. The van der Waals surface area contributed by atoms with Crippen molar-refractivity contribution >= 4 is 11.8 Å². The van der Waals surface area contributed by atoms with Crippen LogP contribution in [0, 0.1) is 5.92 Å². The van der Waals surface area contributed by atoms with Crippen LogP contribution in [-0.4, -0.2) is 77.8 Å². The van der Waals surface area contributed by atoms with E-state index in [4.69, 9.17) is 0 Å². The van der Waals surface area contributed by atoms with Crippen molar-refractivity contribution in [3.63, 3.8) is 0 Å². The van der Waals surface area contributed by atoms with E-state index < -0.39 is 0 Å². The average Bonchev–Trinajstić information content (AvgIpc) is 2.94. The second-order valence-electron chi connectivity index (χ2n) is 7.68. The Morgan fingerprint density at radius 2 is 1.62 bits per heavy atom. The van der Waals surface area contributed by atoms with Crippen LogP contribution in [-0.2, 0) is 4.79 Å². The molecular formula is C20H30N4O2. The van der Waals surface area contributed by atoms with Crippen molar-refractivity contribution in [3.05, 3.63) is 30.1 Å². The number of nitrogens with zero attached hydrogens (tertiary/aromatic N) is 4. The SMILES string of the molecule is CN(C)[C@H]1CCCN(C(=O)C2CCN(C(=O)c3ccncc3)CC2)CC1. The molecule has 0 unspecified atom stereocenters. The molecule has 0 aromatic carbocycles. The van der Waals surface area contributed by atoms with Crippen LogP contribution in [0.4, 0.5) is 0 Å². The first-order chi connectivity index (χ1) is 12.6. The van der Waals surface area contributed by atoms with Crippen molar-refractivity contribution in [2.75, 3.05) is 40.3 Å². The monoisotopic (exact) mass is 358 g/mol. The van der Waals surface area contributed by atoms with Crippen LogP contribution in [0.1, 0.15) is 42.5 Å². The second kappa shape index (κ2) is 8.62. The van der Waals surface area contributed by atoms with Crippen LogP contribution < -0.4 is 0 Å². The van der Waals surface area contributed by atoms with Crippen LogP contribution in [0.25, 0.3) is 0 Å². The number of carbonyl (C=O) groups excluding carboxylic acids is 2. The predicted molar refractivity (Wildman–Crippen MR) is 101 cm³/mol. The molecule has 142 valence electrons. The fourth-order valence-corrected chi connectivity index (χ4v) is 4.08. The molecule has 0 saturated carbocycles. The highest BCUT2D eigenvalue weighted by Gasteiger charge is 2.31. The Morgan fingerprint density at radius 3 is 2.27 bits per heavy atom. The van der Waals surface area contributed by atoms with E-state index in [1.165, 1.54) is 0 Å². The maximum atomic E-state index is 12.9. The number of carbonyl (C=O) groups is 2. The lowest BCUT2D eigenvalue weighted by atomic mass is 9.94. The Morgan fingerprint density at radius 1 is 0.962 bits per heavy atom. The normalized spacial score (nSPS) is 22.3. The van der Waals surface area contributed by atoms with E-state index >= 15 is 0 Å². The van der Waals surface area contributed by atoms with Crippen LogP contribution in [0.3, 0.4) is 0 Å². The van der Waals surface area contributed by atoms with Crippen molar-refractivity contribution in [3.8, 4) is 0 Å². The summed E-state index contributed by atoms with van der Waals surface area (Å²) in [5.74, 6) is 0.398. The first kappa shape index (κ1) is 18.8. The molecule has 1 atom stereocenters. The maximum Gasteiger partial charge on any atom is 0.253 e. The third kappa shape index (κ3) is 4.41. The summed E-state index contributed by atoms with van der Waals surface area (Å²) < 4.78 is 0. The van der Waals surface area contributed by atoms with Gasteiger partial charge < -0.3 is 14.7 Å². The zero-order chi connectivity index (χ0) is 18.5. The first-order valence-corrected chi connectivity index (χ1v) is 9.71. The van der Waals surface area contributed by atoms with Crippen LogP contribution >= 0.6 is 0 Å². The number of aromatic nitrogens is 1. The second-order valence-corrected chi connectivity index (χ2v) is 7.68. The smallest absolute Gasteiger partial charge is 0.253 e. The average molecular weight is 358 g/mol. The molecule has 2 amide bonds. The molecule has 1 aromatic heterocycles. The zero-order valence-electron chi connectivity index (χ0n) is 15.9. The predicted octanol–water partition coefficient (Wildman–Crippen LogP) is 1.88. The zero-order valence-corrected chi connectivity index (χ0v) is 15.9.